The van der Waals surface area contributed by atoms with Gasteiger partial charge in [-0.05, 0) is 32.4 Å². The van der Waals surface area contributed by atoms with Crippen LogP contribution >= 0.6 is 0 Å². The van der Waals surface area contributed by atoms with Crippen molar-refractivity contribution in [3.8, 4) is 0 Å². The van der Waals surface area contributed by atoms with Gasteiger partial charge in [0.05, 0.1) is 6.26 Å². The lowest BCUT2D eigenvalue weighted by Gasteiger charge is -2.15. The summed E-state index contributed by atoms with van der Waals surface area (Å²) in [7, 11) is 0. The zero-order valence-corrected chi connectivity index (χ0v) is 10.8. The van der Waals surface area contributed by atoms with Gasteiger partial charge in [0, 0.05) is 24.7 Å². The van der Waals surface area contributed by atoms with Crippen LogP contribution in [0.3, 0.4) is 0 Å². The minimum absolute atomic E-state index is 0.481. The normalized spacial score (nSPS) is 13.3. The lowest BCUT2D eigenvalue weighted by atomic mass is 10.2. The highest BCUT2D eigenvalue weighted by atomic mass is 16.3. The predicted octanol–water partition coefficient (Wildman–Crippen LogP) is 2.31. The number of aryl methyl sites for hydroxylation is 1. The van der Waals surface area contributed by atoms with Gasteiger partial charge in [0.2, 0.25) is 0 Å². The Bertz CT molecular complexity index is 294. The molecule has 16 heavy (non-hydrogen) atoms. The summed E-state index contributed by atoms with van der Waals surface area (Å²) in [6, 6.07) is 2.55. The summed E-state index contributed by atoms with van der Waals surface area (Å²) in [5, 5.41) is 6.90. The molecule has 1 aromatic heterocycles. The van der Waals surface area contributed by atoms with Crippen LogP contribution in [-0.4, -0.2) is 19.1 Å². The summed E-state index contributed by atoms with van der Waals surface area (Å²) < 4.78 is 5.25. The van der Waals surface area contributed by atoms with Crippen LogP contribution in [0.5, 0.6) is 0 Å². The van der Waals surface area contributed by atoms with Gasteiger partial charge in [-0.15, -0.1) is 0 Å². The maximum Gasteiger partial charge on any atom is 0.101 e. The summed E-state index contributed by atoms with van der Waals surface area (Å²) >= 11 is 0. The maximum absolute atomic E-state index is 5.25. The molecule has 1 rings (SSSR count). The standard InChI is InChI=1S/C13H24N2O/c1-10(2)6-14-7-11(3)15-8-13-5-12(4)16-9-13/h5,9-11,14-15H,6-8H2,1-4H3. The molecular weight excluding hydrogens is 200 g/mol. The van der Waals surface area contributed by atoms with E-state index in [0.29, 0.717) is 12.0 Å². The monoisotopic (exact) mass is 224 g/mol. The minimum Gasteiger partial charge on any atom is -0.469 e. The Morgan fingerprint density at radius 1 is 1.25 bits per heavy atom. The molecule has 3 nitrogen and oxygen atoms in total. The molecular formula is C13H24N2O. The summed E-state index contributed by atoms with van der Waals surface area (Å²) in [6.45, 7) is 11.6. The number of rotatable bonds is 7. The zero-order chi connectivity index (χ0) is 12.0. The van der Waals surface area contributed by atoms with Crippen molar-refractivity contribution in [1.29, 1.82) is 0 Å². The molecule has 0 radical (unpaired) electrons. The van der Waals surface area contributed by atoms with Crippen LogP contribution in [-0.2, 0) is 6.54 Å². The SMILES string of the molecule is Cc1cc(CNC(C)CNCC(C)C)co1. The van der Waals surface area contributed by atoms with Gasteiger partial charge in [-0.3, -0.25) is 0 Å². The summed E-state index contributed by atoms with van der Waals surface area (Å²) in [5.41, 5.74) is 1.22. The molecule has 0 aliphatic heterocycles. The first-order valence-electron chi connectivity index (χ1n) is 6.06. The molecule has 1 aromatic rings. The molecule has 0 saturated carbocycles. The van der Waals surface area contributed by atoms with Crippen molar-refractivity contribution < 1.29 is 4.42 Å². The molecule has 1 unspecified atom stereocenters. The van der Waals surface area contributed by atoms with E-state index in [1.54, 1.807) is 0 Å². The molecule has 0 spiro atoms. The molecule has 1 heterocycles. The largest absolute Gasteiger partial charge is 0.469 e. The van der Waals surface area contributed by atoms with Crippen LogP contribution < -0.4 is 10.6 Å². The van der Waals surface area contributed by atoms with E-state index in [9.17, 15) is 0 Å². The van der Waals surface area contributed by atoms with Crippen molar-refractivity contribution in [3.63, 3.8) is 0 Å². The molecule has 2 N–H and O–H groups in total. The Hall–Kier alpha value is -0.800. The van der Waals surface area contributed by atoms with Crippen molar-refractivity contribution in [1.82, 2.24) is 10.6 Å². The van der Waals surface area contributed by atoms with Crippen molar-refractivity contribution in [2.75, 3.05) is 13.1 Å². The second-order valence-electron chi connectivity index (χ2n) is 4.90. The van der Waals surface area contributed by atoms with Gasteiger partial charge in [0.25, 0.3) is 0 Å². The van der Waals surface area contributed by atoms with E-state index >= 15 is 0 Å². The van der Waals surface area contributed by atoms with Crippen LogP contribution in [0.4, 0.5) is 0 Å². The lowest BCUT2D eigenvalue weighted by molar-refractivity contribution is 0.470. The Morgan fingerprint density at radius 2 is 2.00 bits per heavy atom. The van der Waals surface area contributed by atoms with Gasteiger partial charge in [-0.2, -0.15) is 0 Å². The average Bonchev–Trinajstić information content (AvgIpc) is 2.61. The van der Waals surface area contributed by atoms with Crippen molar-refractivity contribution in [2.45, 2.75) is 40.3 Å². The van der Waals surface area contributed by atoms with Crippen LogP contribution in [0.25, 0.3) is 0 Å². The van der Waals surface area contributed by atoms with Gasteiger partial charge >= 0.3 is 0 Å². The Kier molecular flexibility index (Phi) is 5.56. The third-order valence-electron chi connectivity index (χ3n) is 2.44. The van der Waals surface area contributed by atoms with Crippen LogP contribution in [0, 0.1) is 12.8 Å². The van der Waals surface area contributed by atoms with E-state index in [4.69, 9.17) is 4.42 Å². The first-order valence-corrected chi connectivity index (χ1v) is 6.06. The highest BCUT2D eigenvalue weighted by molar-refractivity contribution is 5.11. The fourth-order valence-corrected chi connectivity index (χ4v) is 1.54. The fourth-order valence-electron chi connectivity index (χ4n) is 1.54. The predicted molar refractivity (Wildman–Crippen MR) is 67.5 cm³/mol. The molecule has 0 aromatic carbocycles. The third-order valence-corrected chi connectivity index (χ3v) is 2.44. The third kappa shape index (κ3) is 5.33. The summed E-state index contributed by atoms with van der Waals surface area (Å²) in [6.07, 6.45) is 1.82. The molecule has 0 aliphatic carbocycles. The van der Waals surface area contributed by atoms with Crippen molar-refractivity contribution >= 4 is 0 Å². The molecule has 0 bridgehead atoms. The van der Waals surface area contributed by atoms with E-state index in [-0.39, 0.29) is 0 Å². The molecule has 1 atom stereocenters. The number of hydrogen-bond donors (Lipinski definition) is 2. The maximum atomic E-state index is 5.25. The van der Waals surface area contributed by atoms with Crippen LogP contribution in [0.2, 0.25) is 0 Å². The van der Waals surface area contributed by atoms with Gasteiger partial charge in [-0.1, -0.05) is 13.8 Å². The number of furan rings is 1. The van der Waals surface area contributed by atoms with E-state index < -0.39 is 0 Å². The van der Waals surface area contributed by atoms with Crippen molar-refractivity contribution in [3.05, 3.63) is 23.7 Å². The smallest absolute Gasteiger partial charge is 0.101 e. The second-order valence-corrected chi connectivity index (χ2v) is 4.90. The molecule has 3 heteroatoms. The Labute approximate surface area is 98.6 Å². The quantitative estimate of drug-likeness (QED) is 0.746. The van der Waals surface area contributed by atoms with Crippen LogP contribution in [0.15, 0.2) is 16.7 Å². The number of hydrogen-bond acceptors (Lipinski definition) is 3. The highest BCUT2D eigenvalue weighted by Gasteiger charge is 2.03. The molecule has 92 valence electrons. The molecule has 0 aliphatic rings. The molecule has 0 fully saturated rings. The van der Waals surface area contributed by atoms with E-state index in [1.807, 2.05) is 13.2 Å². The van der Waals surface area contributed by atoms with E-state index in [1.165, 1.54) is 5.56 Å². The van der Waals surface area contributed by atoms with Gasteiger partial charge < -0.3 is 15.1 Å². The molecule has 0 amide bonds. The van der Waals surface area contributed by atoms with Crippen molar-refractivity contribution in [2.24, 2.45) is 5.92 Å². The van der Waals surface area contributed by atoms with Gasteiger partial charge in [0.15, 0.2) is 0 Å². The topological polar surface area (TPSA) is 37.2 Å². The first-order chi connectivity index (χ1) is 7.58. The average molecular weight is 224 g/mol. The lowest BCUT2D eigenvalue weighted by Crippen LogP contribution is -2.37. The van der Waals surface area contributed by atoms with Crippen LogP contribution in [0.1, 0.15) is 32.1 Å². The Morgan fingerprint density at radius 3 is 2.56 bits per heavy atom. The molecule has 0 saturated heterocycles. The highest BCUT2D eigenvalue weighted by Crippen LogP contribution is 2.05. The van der Waals surface area contributed by atoms with E-state index in [2.05, 4.69) is 37.5 Å². The Balaban J connectivity index is 2.12. The summed E-state index contributed by atoms with van der Waals surface area (Å²) in [5.74, 6) is 1.69. The second kappa shape index (κ2) is 6.71. The zero-order valence-electron chi connectivity index (χ0n) is 10.8. The fraction of sp³-hybridized carbons (Fsp3) is 0.692. The van der Waals surface area contributed by atoms with E-state index in [0.717, 1.165) is 25.4 Å². The van der Waals surface area contributed by atoms with Gasteiger partial charge in [-0.25, -0.2) is 0 Å². The first kappa shape index (κ1) is 13.3. The number of nitrogens with one attached hydrogen (secondary N) is 2. The summed E-state index contributed by atoms with van der Waals surface area (Å²) in [4.78, 5) is 0. The minimum atomic E-state index is 0.481. The van der Waals surface area contributed by atoms with Gasteiger partial charge in [0.1, 0.15) is 5.76 Å².